The fourth-order valence-electron chi connectivity index (χ4n) is 3.35. The van der Waals surface area contributed by atoms with Gasteiger partial charge in [-0.05, 0) is 68.3 Å². The second-order valence-electron chi connectivity index (χ2n) is 6.98. The van der Waals surface area contributed by atoms with E-state index in [4.69, 9.17) is 9.47 Å². The van der Waals surface area contributed by atoms with Gasteiger partial charge in [-0.3, -0.25) is 0 Å². The minimum atomic E-state index is -0.289. The number of urea groups is 1. The third-order valence-electron chi connectivity index (χ3n) is 4.83. The first kappa shape index (κ1) is 19.8. The molecule has 0 atom stereocenters. The van der Waals surface area contributed by atoms with Gasteiger partial charge in [0.05, 0.1) is 13.2 Å². The molecule has 0 spiro atoms. The van der Waals surface area contributed by atoms with Crippen LogP contribution in [0.1, 0.15) is 31.4 Å². The molecule has 2 amide bonds. The summed E-state index contributed by atoms with van der Waals surface area (Å²) < 4.78 is 13.3. The van der Waals surface area contributed by atoms with Crippen LogP contribution in [0.15, 0.2) is 48.5 Å². The minimum Gasteiger partial charge on any atom is -0.494 e. The summed E-state index contributed by atoms with van der Waals surface area (Å²) in [5.41, 5.74) is 0.676. The van der Waals surface area contributed by atoms with Crippen LogP contribution in [-0.4, -0.2) is 27.4 Å². The van der Waals surface area contributed by atoms with Gasteiger partial charge in [0.15, 0.2) is 5.82 Å². The Morgan fingerprint density at radius 3 is 2.43 bits per heavy atom. The van der Waals surface area contributed by atoms with E-state index in [9.17, 15) is 4.79 Å². The molecule has 2 aromatic carbocycles. The van der Waals surface area contributed by atoms with Gasteiger partial charge in [0.2, 0.25) is 0 Å². The van der Waals surface area contributed by atoms with E-state index in [0.717, 1.165) is 43.2 Å². The summed E-state index contributed by atoms with van der Waals surface area (Å²) in [6.45, 7) is 3.83. The van der Waals surface area contributed by atoms with Gasteiger partial charge in [-0.25, -0.2) is 4.79 Å². The van der Waals surface area contributed by atoms with Gasteiger partial charge in [0, 0.05) is 18.7 Å². The number of nitrogens with one attached hydrogen (secondary N) is 2. The number of anilines is 1. The first-order chi connectivity index (χ1) is 14.7. The normalized spacial score (nSPS) is 12.7. The standard InChI is InChI=1S/C22H25N5O3/c1-2-29-17-10-12-19(13-11-17)30-18-8-6-16(7-9-18)24-22(28)23-15-21-26-25-20-5-3-4-14-27(20)21/h6-13H,2-5,14-15H2,1H3,(H2,23,24,28). The number of fused-ring (bicyclic) bond motifs is 1. The van der Waals surface area contributed by atoms with Crippen molar-refractivity contribution in [3.05, 3.63) is 60.2 Å². The van der Waals surface area contributed by atoms with Crippen molar-refractivity contribution in [1.29, 1.82) is 0 Å². The second kappa shape index (κ2) is 9.30. The van der Waals surface area contributed by atoms with Gasteiger partial charge in [-0.15, -0.1) is 10.2 Å². The zero-order valence-corrected chi connectivity index (χ0v) is 16.9. The lowest BCUT2D eigenvalue weighted by Gasteiger charge is -2.15. The molecule has 0 bridgehead atoms. The van der Waals surface area contributed by atoms with Crippen LogP contribution in [-0.2, 0) is 19.5 Å². The summed E-state index contributed by atoms with van der Waals surface area (Å²) in [7, 11) is 0. The molecule has 8 nitrogen and oxygen atoms in total. The summed E-state index contributed by atoms with van der Waals surface area (Å²) in [6, 6.07) is 14.4. The van der Waals surface area contributed by atoms with Crippen molar-refractivity contribution in [3.8, 4) is 17.2 Å². The second-order valence-corrected chi connectivity index (χ2v) is 6.98. The monoisotopic (exact) mass is 407 g/mol. The van der Waals surface area contributed by atoms with Crippen LogP contribution in [0.4, 0.5) is 10.5 Å². The Morgan fingerprint density at radius 1 is 1.00 bits per heavy atom. The van der Waals surface area contributed by atoms with E-state index in [2.05, 4.69) is 25.4 Å². The van der Waals surface area contributed by atoms with Crippen LogP contribution in [0.25, 0.3) is 0 Å². The van der Waals surface area contributed by atoms with E-state index < -0.39 is 0 Å². The maximum Gasteiger partial charge on any atom is 0.319 e. The number of nitrogens with zero attached hydrogens (tertiary/aromatic N) is 3. The van der Waals surface area contributed by atoms with Gasteiger partial charge >= 0.3 is 6.03 Å². The summed E-state index contributed by atoms with van der Waals surface area (Å²) in [5.74, 6) is 4.00. The van der Waals surface area contributed by atoms with Crippen molar-refractivity contribution in [3.63, 3.8) is 0 Å². The molecule has 0 unspecified atom stereocenters. The lowest BCUT2D eigenvalue weighted by atomic mass is 10.2. The van der Waals surface area contributed by atoms with E-state index in [-0.39, 0.29) is 6.03 Å². The molecule has 1 aliphatic heterocycles. The smallest absolute Gasteiger partial charge is 0.319 e. The molecule has 3 aromatic rings. The molecule has 0 saturated carbocycles. The highest BCUT2D eigenvalue weighted by Crippen LogP contribution is 2.25. The molecule has 2 N–H and O–H groups in total. The van der Waals surface area contributed by atoms with E-state index in [1.54, 1.807) is 24.3 Å². The molecule has 1 aromatic heterocycles. The predicted molar refractivity (Wildman–Crippen MR) is 113 cm³/mol. The molecular weight excluding hydrogens is 382 g/mol. The zero-order chi connectivity index (χ0) is 20.8. The van der Waals surface area contributed by atoms with Crippen molar-refractivity contribution in [2.45, 2.75) is 39.3 Å². The lowest BCUT2D eigenvalue weighted by molar-refractivity contribution is 0.251. The number of aromatic nitrogens is 3. The number of amides is 2. The van der Waals surface area contributed by atoms with Crippen LogP contribution in [0.3, 0.4) is 0 Å². The molecule has 2 heterocycles. The Labute approximate surface area is 175 Å². The Bertz CT molecular complexity index is 983. The van der Waals surface area contributed by atoms with E-state index in [1.165, 1.54) is 0 Å². The molecule has 0 radical (unpaired) electrons. The maximum atomic E-state index is 12.2. The Kier molecular flexibility index (Phi) is 6.12. The minimum absolute atomic E-state index is 0.289. The molecule has 156 valence electrons. The molecule has 4 rings (SSSR count). The topological polar surface area (TPSA) is 90.3 Å². The van der Waals surface area contributed by atoms with Gasteiger partial charge in [-0.1, -0.05) is 0 Å². The van der Waals surface area contributed by atoms with Crippen molar-refractivity contribution in [1.82, 2.24) is 20.1 Å². The van der Waals surface area contributed by atoms with E-state index in [0.29, 0.717) is 30.3 Å². The third-order valence-corrected chi connectivity index (χ3v) is 4.83. The van der Waals surface area contributed by atoms with Crippen molar-refractivity contribution >= 4 is 11.7 Å². The Morgan fingerprint density at radius 2 is 1.70 bits per heavy atom. The molecule has 0 fully saturated rings. The van der Waals surface area contributed by atoms with Gasteiger partial charge in [-0.2, -0.15) is 0 Å². The highest BCUT2D eigenvalue weighted by atomic mass is 16.5. The number of hydrogen-bond donors (Lipinski definition) is 2. The van der Waals surface area contributed by atoms with Crippen molar-refractivity contribution in [2.24, 2.45) is 0 Å². The van der Waals surface area contributed by atoms with Gasteiger partial charge in [0.25, 0.3) is 0 Å². The quantitative estimate of drug-likeness (QED) is 0.615. The fraction of sp³-hybridized carbons (Fsp3) is 0.318. The number of carbonyl (C=O) groups excluding carboxylic acids is 1. The van der Waals surface area contributed by atoms with E-state index in [1.807, 2.05) is 31.2 Å². The Balaban J connectivity index is 1.27. The van der Waals surface area contributed by atoms with Crippen molar-refractivity contribution in [2.75, 3.05) is 11.9 Å². The predicted octanol–water partition coefficient (Wildman–Crippen LogP) is 4.13. The van der Waals surface area contributed by atoms with Crippen LogP contribution in [0.5, 0.6) is 17.2 Å². The maximum absolute atomic E-state index is 12.2. The third kappa shape index (κ3) is 4.89. The van der Waals surface area contributed by atoms with Crippen LogP contribution in [0, 0.1) is 0 Å². The number of hydrogen-bond acceptors (Lipinski definition) is 5. The molecule has 8 heteroatoms. The highest BCUT2D eigenvalue weighted by molar-refractivity contribution is 5.89. The molecule has 1 aliphatic rings. The number of ether oxygens (including phenoxy) is 2. The number of carbonyl (C=O) groups is 1. The van der Waals surface area contributed by atoms with Gasteiger partial charge < -0.3 is 24.7 Å². The molecule has 0 saturated heterocycles. The highest BCUT2D eigenvalue weighted by Gasteiger charge is 2.16. The summed E-state index contributed by atoms with van der Waals surface area (Å²) in [4.78, 5) is 12.2. The lowest BCUT2D eigenvalue weighted by Crippen LogP contribution is -2.29. The number of benzene rings is 2. The summed E-state index contributed by atoms with van der Waals surface area (Å²) >= 11 is 0. The van der Waals surface area contributed by atoms with Gasteiger partial charge in [0.1, 0.15) is 23.1 Å². The molecule has 0 aliphatic carbocycles. The zero-order valence-electron chi connectivity index (χ0n) is 16.9. The first-order valence-corrected chi connectivity index (χ1v) is 10.2. The average Bonchev–Trinajstić information content (AvgIpc) is 3.18. The number of rotatable bonds is 7. The fourth-order valence-corrected chi connectivity index (χ4v) is 3.35. The molecule has 30 heavy (non-hydrogen) atoms. The average molecular weight is 407 g/mol. The SMILES string of the molecule is CCOc1ccc(Oc2ccc(NC(=O)NCc3nnc4n3CCCC4)cc2)cc1. The van der Waals surface area contributed by atoms with Crippen LogP contribution in [0.2, 0.25) is 0 Å². The van der Waals surface area contributed by atoms with E-state index >= 15 is 0 Å². The van der Waals surface area contributed by atoms with Crippen LogP contribution < -0.4 is 20.1 Å². The van der Waals surface area contributed by atoms with Crippen LogP contribution >= 0.6 is 0 Å². The Hall–Kier alpha value is -3.55. The first-order valence-electron chi connectivity index (χ1n) is 10.2. The number of aryl methyl sites for hydroxylation is 1. The molecular formula is C22H25N5O3. The summed E-state index contributed by atoms with van der Waals surface area (Å²) in [6.07, 6.45) is 3.21. The summed E-state index contributed by atoms with van der Waals surface area (Å²) in [5, 5.41) is 14.0. The van der Waals surface area contributed by atoms with Crippen molar-refractivity contribution < 1.29 is 14.3 Å². The largest absolute Gasteiger partial charge is 0.494 e.